The number of hydrogen-bond donors (Lipinski definition) is 1. The van der Waals surface area contributed by atoms with E-state index in [9.17, 15) is 4.79 Å². The van der Waals surface area contributed by atoms with Crippen molar-refractivity contribution in [2.45, 2.75) is 38.0 Å². The van der Waals surface area contributed by atoms with Crippen LogP contribution in [0.2, 0.25) is 0 Å². The molecule has 2 heterocycles. The molecule has 1 aromatic carbocycles. The Morgan fingerprint density at radius 3 is 2.67 bits per heavy atom. The number of nitrogens with one attached hydrogen (secondary N) is 1. The maximum absolute atomic E-state index is 12.6. The standard InChI is InChI=1S/C23H23N3O/c27-22(26-17-4-2-1-3-5-17)20-14-23(20)10-6-16(7-11-23)18-8-13-25-21-9-12-24-15-19(18)21/h1-5,8-9,12-13,15-16,20H,6-7,10-11,14H2,(H,26,27)/t16?,20-,23?/m0/s1. The van der Waals surface area contributed by atoms with Gasteiger partial charge in [0.05, 0.1) is 5.52 Å². The molecule has 1 atom stereocenters. The molecule has 1 N–H and O–H groups in total. The number of aromatic nitrogens is 2. The third kappa shape index (κ3) is 2.99. The van der Waals surface area contributed by atoms with Crippen molar-refractivity contribution in [2.24, 2.45) is 11.3 Å². The van der Waals surface area contributed by atoms with Gasteiger partial charge >= 0.3 is 0 Å². The molecular formula is C23H23N3O. The summed E-state index contributed by atoms with van der Waals surface area (Å²) in [5.74, 6) is 0.913. The Balaban J connectivity index is 1.26. The van der Waals surface area contributed by atoms with Gasteiger partial charge in [0.15, 0.2) is 0 Å². The van der Waals surface area contributed by atoms with E-state index in [4.69, 9.17) is 0 Å². The summed E-state index contributed by atoms with van der Waals surface area (Å²) in [6, 6.07) is 13.9. The first-order chi connectivity index (χ1) is 13.3. The topological polar surface area (TPSA) is 54.9 Å². The molecule has 0 unspecified atom stereocenters. The van der Waals surface area contributed by atoms with Crippen LogP contribution in [0.25, 0.3) is 10.9 Å². The molecule has 0 bridgehead atoms. The smallest absolute Gasteiger partial charge is 0.228 e. The van der Waals surface area contributed by atoms with Gasteiger partial charge in [-0.05, 0) is 73.3 Å². The number of carbonyl (C=O) groups is 1. The molecule has 1 spiro atoms. The van der Waals surface area contributed by atoms with Crippen molar-refractivity contribution < 1.29 is 4.79 Å². The average Bonchev–Trinajstić information content (AvgIpc) is 3.42. The summed E-state index contributed by atoms with van der Waals surface area (Å²) in [6.45, 7) is 0. The zero-order chi connectivity index (χ0) is 18.3. The van der Waals surface area contributed by atoms with Crippen molar-refractivity contribution in [3.05, 3.63) is 66.6 Å². The lowest BCUT2D eigenvalue weighted by Crippen LogP contribution is -2.22. The molecule has 4 nitrogen and oxygen atoms in total. The number of carbonyl (C=O) groups excluding carboxylic acids is 1. The zero-order valence-corrected chi connectivity index (χ0v) is 15.3. The number of fused-ring (bicyclic) bond motifs is 1. The molecule has 2 saturated carbocycles. The van der Waals surface area contributed by atoms with Crippen molar-refractivity contribution in [2.75, 3.05) is 5.32 Å². The van der Waals surface area contributed by atoms with Gasteiger partial charge in [-0.3, -0.25) is 14.8 Å². The Morgan fingerprint density at radius 2 is 1.85 bits per heavy atom. The van der Waals surface area contributed by atoms with E-state index in [1.54, 1.807) is 6.20 Å². The summed E-state index contributed by atoms with van der Waals surface area (Å²) >= 11 is 0. The van der Waals surface area contributed by atoms with Gasteiger partial charge < -0.3 is 5.32 Å². The number of hydrogen-bond acceptors (Lipinski definition) is 3. The Morgan fingerprint density at radius 1 is 1.04 bits per heavy atom. The van der Waals surface area contributed by atoms with E-state index in [0.29, 0.717) is 5.92 Å². The summed E-state index contributed by atoms with van der Waals surface area (Å²) in [6.07, 6.45) is 11.2. The summed E-state index contributed by atoms with van der Waals surface area (Å²) in [4.78, 5) is 21.4. The fraction of sp³-hybridized carbons (Fsp3) is 0.348. The Hall–Kier alpha value is -2.75. The third-order valence-electron chi connectivity index (χ3n) is 6.55. The average molecular weight is 357 g/mol. The molecule has 3 aromatic rings. The van der Waals surface area contributed by atoms with Gasteiger partial charge in [-0.2, -0.15) is 0 Å². The molecule has 2 aromatic heterocycles. The maximum atomic E-state index is 12.6. The molecule has 2 aliphatic carbocycles. The Kier molecular flexibility index (Phi) is 3.92. The van der Waals surface area contributed by atoms with E-state index in [0.717, 1.165) is 43.3 Å². The molecule has 0 aliphatic heterocycles. The number of nitrogens with zero attached hydrogens (tertiary/aromatic N) is 2. The normalized spacial score (nSPS) is 26.8. The van der Waals surface area contributed by atoms with Crippen LogP contribution in [0.4, 0.5) is 5.69 Å². The molecular weight excluding hydrogens is 334 g/mol. The van der Waals surface area contributed by atoms with Gasteiger partial charge in [0, 0.05) is 35.6 Å². The molecule has 136 valence electrons. The van der Waals surface area contributed by atoms with Crippen LogP contribution in [-0.2, 0) is 4.79 Å². The molecule has 2 aliphatic rings. The highest BCUT2D eigenvalue weighted by atomic mass is 16.2. The summed E-state index contributed by atoms with van der Waals surface area (Å²) in [5, 5.41) is 4.26. The van der Waals surface area contributed by atoms with Gasteiger partial charge in [0.2, 0.25) is 5.91 Å². The predicted molar refractivity (Wildman–Crippen MR) is 106 cm³/mol. The van der Waals surface area contributed by atoms with Crippen LogP contribution in [0.5, 0.6) is 0 Å². The van der Waals surface area contributed by atoms with Crippen molar-refractivity contribution in [1.29, 1.82) is 0 Å². The zero-order valence-electron chi connectivity index (χ0n) is 15.3. The fourth-order valence-corrected chi connectivity index (χ4v) is 4.89. The van der Waals surface area contributed by atoms with Gasteiger partial charge in [-0.1, -0.05) is 18.2 Å². The van der Waals surface area contributed by atoms with Crippen molar-refractivity contribution in [3.63, 3.8) is 0 Å². The monoisotopic (exact) mass is 357 g/mol. The van der Waals surface area contributed by atoms with E-state index < -0.39 is 0 Å². The molecule has 4 heteroatoms. The van der Waals surface area contributed by atoms with Crippen LogP contribution < -0.4 is 5.32 Å². The van der Waals surface area contributed by atoms with Gasteiger partial charge in [-0.25, -0.2) is 0 Å². The highest BCUT2D eigenvalue weighted by Crippen LogP contribution is 2.63. The van der Waals surface area contributed by atoms with E-state index in [-0.39, 0.29) is 17.2 Å². The van der Waals surface area contributed by atoms with Crippen LogP contribution in [0.1, 0.15) is 43.6 Å². The predicted octanol–water partition coefficient (Wildman–Crippen LogP) is 4.93. The maximum Gasteiger partial charge on any atom is 0.228 e. The molecule has 27 heavy (non-hydrogen) atoms. The summed E-state index contributed by atoms with van der Waals surface area (Å²) < 4.78 is 0. The molecule has 1 amide bonds. The van der Waals surface area contributed by atoms with Crippen LogP contribution in [-0.4, -0.2) is 15.9 Å². The first-order valence-corrected chi connectivity index (χ1v) is 9.80. The molecule has 2 fully saturated rings. The SMILES string of the molecule is O=C(Nc1ccccc1)[C@@H]1CC12CCC(c1ccnc3ccncc13)CC2. The van der Waals surface area contributed by atoms with Crippen LogP contribution >= 0.6 is 0 Å². The first kappa shape index (κ1) is 16.4. The quantitative estimate of drug-likeness (QED) is 0.723. The highest BCUT2D eigenvalue weighted by Gasteiger charge is 2.58. The lowest BCUT2D eigenvalue weighted by atomic mass is 9.75. The number of para-hydroxylation sites is 1. The minimum Gasteiger partial charge on any atom is -0.326 e. The highest BCUT2D eigenvalue weighted by molar-refractivity contribution is 5.95. The third-order valence-corrected chi connectivity index (χ3v) is 6.55. The molecule has 0 saturated heterocycles. The summed E-state index contributed by atoms with van der Waals surface area (Å²) in [7, 11) is 0. The minimum atomic E-state index is 0.175. The van der Waals surface area contributed by atoms with E-state index >= 15 is 0 Å². The first-order valence-electron chi connectivity index (χ1n) is 9.80. The lowest BCUT2D eigenvalue weighted by molar-refractivity contribution is -0.118. The van der Waals surface area contributed by atoms with Crippen molar-refractivity contribution in [1.82, 2.24) is 9.97 Å². The minimum absolute atomic E-state index is 0.175. The number of benzene rings is 1. The van der Waals surface area contributed by atoms with Crippen molar-refractivity contribution in [3.8, 4) is 0 Å². The van der Waals surface area contributed by atoms with E-state index in [1.165, 1.54) is 10.9 Å². The lowest BCUT2D eigenvalue weighted by Gasteiger charge is -2.30. The van der Waals surface area contributed by atoms with Crippen molar-refractivity contribution >= 4 is 22.5 Å². The fourth-order valence-electron chi connectivity index (χ4n) is 4.89. The van der Waals surface area contributed by atoms with Gasteiger partial charge in [-0.15, -0.1) is 0 Å². The number of pyridine rings is 2. The molecule has 5 rings (SSSR count). The van der Waals surface area contributed by atoms with Gasteiger partial charge in [0.25, 0.3) is 0 Å². The Labute approximate surface area is 159 Å². The molecule has 0 radical (unpaired) electrons. The second-order valence-corrected chi connectivity index (χ2v) is 8.04. The van der Waals surface area contributed by atoms with Crippen LogP contribution in [0.15, 0.2) is 61.1 Å². The number of amides is 1. The Bertz CT molecular complexity index is 972. The second-order valence-electron chi connectivity index (χ2n) is 8.04. The number of rotatable bonds is 3. The largest absolute Gasteiger partial charge is 0.326 e. The van der Waals surface area contributed by atoms with Crippen LogP contribution in [0.3, 0.4) is 0 Å². The number of anilines is 1. The summed E-state index contributed by atoms with van der Waals surface area (Å²) in [5.41, 5.74) is 3.52. The second kappa shape index (κ2) is 6.45. The van der Waals surface area contributed by atoms with E-state index in [2.05, 4.69) is 21.4 Å². The van der Waals surface area contributed by atoms with Crippen LogP contribution in [0, 0.1) is 11.3 Å². The van der Waals surface area contributed by atoms with Gasteiger partial charge in [0.1, 0.15) is 0 Å². The van der Waals surface area contributed by atoms with E-state index in [1.807, 2.05) is 48.8 Å².